The molecule has 1 N–H and O–H groups in total. The smallest absolute Gasteiger partial charge is 0.249 e. The second-order valence-corrected chi connectivity index (χ2v) is 2.72. The lowest BCUT2D eigenvalue weighted by molar-refractivity contribution is -0.111. The van der Waals surface area contributed by atoms with Gasteiger partial charge in [0.2, 0.25) is 5.91 Å². The zero-order valence-electron chi connectivity index (χ0n) is 7.10. The monoisotopic (exact) mass is 195 g/mol. The Hall–Kier alpha value is -1.49. The molecule has 0 saturated heterocycles. The summed E-state index contributed by atoms with van der Waals surface area (Å²) in [6.07, 6.45) is 8.22. The van der Waals surface area contributed by atoms with Crippen LogP contribution >= 0.6 is 11.7 Å². The Kier molecular flexibility index (Phi) is 3.84. The number of hydrogen-bond acceptors (Lipinski definition) is 4. The van der Waals surface area contributed by atoms with Gasteiger partial charge in [0.1, 0.15) is 0 Å². The number of carbonyl (C=O) groups is 1. The Labute approximate surface area is 80.3 Å². The summed E-state index contributed by atoms with van der Waals surface area (Å²) in [6, 6.07) is 0. The van der Waals surface area contributed by atoms with Crippen molar-refractivity contribution in [1.29, 1.82) is 0 Å². The first-order chi connectivity index (χ1) is 6.33. The van der Waals surface area contributed by atoms with Crippen molar-refractivity contribution in [3.05, 3.63) is 30.5 Å². The number of amides is 1. The number of hydrogen-bond donors (Lipinski definition) is 1. The molecule has 0 aliphatic rings. The van der Waals surface area contributed by atoms with E-state index < -0.39 is 0 Å². The van der Waals surface area contributed by atoms with E-state index in [1.165, 1.54) is 12.3 Å². The zero-order valence-corrected chi connectivity index (χ0v) is 7.91. The molecule has 0 radical (unpaired) electrons. The maximum Gasteiger partial charge on any atom is 0.249 e. The number of nitrogens with zero attached hydrogens (tertiary/aromatic N) is 2. The maximum absolute atomic E-state index is 11.1. The molecule has 0 spiro atoms. The van der Waals surface area contributed by atoms with E-state index in [1.807, 2.05) is 13.0 Å². The van der Waals surface area contributed by atoms with Crippen molar-refractivity contribution in [3.8, 4) is 0 Å². The molecule has 0 aliphatic carbocycles. The van der Waals surface area contributed by atoms with E-state index in [-0.39, 0.29) is 5.91 Å². The summed E-state index contributed by atoms with van der Waals surface area (Å²) in [5, 5.41) is 2.56. The Morgan fingerprint density at radius 2 is 2.46 bits per heavy atom. The van der Waals surface area contributed by atoms with Crippen molar-refractivity contribution >= 4 is 23.5 Å². The molecule has 0 saturated carbocycles. The van der Waals surface area contributed by atoms with Gasteiger partial charge >= 0.3 is 0 Å². The highest BCUT2D eigenvalue weighted by Gasteiger charge is 1.98. The maximum atomic E-state index is 11.1. The topological polar surface area (TPSA) is 54.9 Å². The Bertz CT molecular complexity index is 316. The summed E-state index contributed by atoms with van der Waals surface area (Å²) < 4.78 is 7.58. The van der Waals surface area contributed by atoms with Crippen molar-refractivity contribution in [1.82, 2.24) is 8.75 Å². The number of nitrogens with one attached hydrogen (secondary N) is 1. The van der Waals surface area contributed by atoms with Crippen LogP contribution in [0.1, 0.15) is 6.92 Å². The lowest BCUT2D eigenvalue weighted by atomic mass is 10.4. The number of allylic oxidation sites excluding steroid dienone is 3. The van der Waals surface area contributed by atoms with Crippen LogP contribution in [0, 0.1) is 0 Å². The molecule has 1 amide bonds. The van der Waals surface area contributed by atoms with Crippen molar-refractivity contribution in [2.24, 2.45) is 0 Å². The Morgan fingerprint density at radius 1 is 1.62 bits per heavy atom. The van der Waals surface area contributed by atoms with Gasteiger partial charge in [-0.15, -0.1) is 0 Å². The molecule has 1 aromatic rings. The third-order valence-electron chi connectivity index (χ3n) is 1.16. The van der Waals surface area contributed by atoms with Gasteiger partial charge in [-0.3, -0.25) is 4.79 Å². The third kappa shape index (κ3) is 3.62. The largest absolute Gasteiger partial charge is 0.305 e. The molecule has 5 heteroatoms. The van der Waals surface area contributed by atoms with E-state index in [0.717, 1.165) is 11.7 Å². The molecule has 0 aliphatic heterocycles. The Balaban J connectivity index is 2.42. The fraction of sp³-hybridized carbons (Fsp3) is 0.125. The predicted molar refractivity (Wildman–Crippen MR) is 52.5 cm³/mol. The molecule has 1 heterocycles. The first-order valence-electron chi connectivity index (χ1n) is 3.71. The van der Waals surface area contributed by atoms with Gasteiger partial charge in [0, 0.05) is 6.08 Å². The van der Waals surface area contributed by atoms with Crippen LogP contribution in [0.5, 0.6) is 0 Å². The van der Waals surface area contributed by atoms with E-state index in [9.17, 15) is 4.79 Å². The van der Waals surface area contributed by atoms with Gasteiger partial charge < -0.3 is 5.32 Å². The third-order valence-corrected chi connectivity index (χ3v) is 1.64. The average molecular weight is 195 g/mol. The van der Waals surface area contributed by atoms with Crippen LogP contribution in [0.2, 0.25) is 0 Å². The van der Waals surface area contributed by atoms with E-state index >= 15 is 0 Å². The highest BCUT2D eigenvalue weighted by Crippen LogP contribution is 2.00. The van der Waals surface area contributed by atoms with Crippen molar-refractivity contribution in [3.63, 3.8) is 0 Å². The first-order valence-corrected chi connectivity index (χ1v) is 4.44. The minimum atomic E-state index is -0.203. The fourth-order valence-electron chi connectivity index (χ4n) is 0.642. The van der Waals surface area contributed by atoms with Crippen molar-refractivity contribution in [2.45, 2.75) is 6.92 Å². The second-order valence-electron chi connectivity index (χ2n) is 2.17. The van der Waals surface area contributed by atoms with Crippen LogP contribution in [0.15, 0.2) is 30.5 Å². The number of carbonyl (C=O) groups excluding carboxylic acids is 1. The highest BCUT2D eigenvalue weighted by atomic mass is 32.1. The number of aromatic nitrogens is 2. The highest BCUT2D eigenvalue weighted by molar-refractivity contribution is 6.99. The second kappa shape index (κ2) is 5.21. The van der Waals surface area contributed by atoms with Gasteiger partial charge in [-0.25, -0.2) is 0 Å². The molecular weight excluding hydrogens is 186 g/mol. The Morgan fingerprint density at radius 3 is 3.08 bits per heavy atom. The summed E-state index contributed by atoms with van der Waals surface area (Å²) >= 11 is 1.06. The molecular formula is C8H9N3OS. The van der Waals surface area contributed by atoms with Gasteiger partial charge in [-0.1, -0.05) is 18.2 Å². The van der Waals surface area contributed by atoms with E-state index in [2.05, 4.69) is 14.1 Å². The van der Waals surface area contributed by atoms with Crippen LogP contribution in [-0.4, -0.2) is 14.7 Å². The molecule has 13 heavy (non-hydrogen) atoms. The average Bonchev–Trinajstić information content (AvgIpc) is 2.57. The molecule has 4 nitrogen and oxygen atoms in total. The van der Waals surface area contributed by atoms with E-state index in [1.54, 1.807) is 12.2 Å². The minimum Gasteiger partial charge on any atom is -0.305 e. The summed E-state index contributed by atoms with van der Waals surface area (Å²) in [5.41, 5.74) is 0. The SMILES string of the molecule is C/C=C/C=C/C(=O)Nc1cnsn1. The first kappa shape index (κ1) is 9.60. The quantitative estimate of drug-likeness (QED) is 0.589. The fourth-order valence-corrected chi connectivity index (χ4v) is 1.02. The zero-order chi connectivity index (χ0) is 9.52. The van der Waals surface area contributed by atoms with E-state index in [0.29, 0.717) is 5.82 Å². The lowest BCUT2D eigenvalue weighted by Crippen LogP contribution is -2.07. The van der Waals surface area contributed by atoms with Crippen LogP contribution in [-0.2, 0) is 4.79 Å². The van der Waals surface area contributed by atoms with Crippen LogP contribution in [0.3, 0.4) is 0 Å². The summed E-state index contributed by atoms with van der Waals surface area (Å²) in [6.45, 7) is 1.88. The molecule has 1 rings (SSSR count). The van der Waals surface area contributed by atoms with Crippen LogP contribution < -0.4 is 5.32 Å². The van der Waals surface area contributed by atoms with Gasteiger partial charge in [-0.05, 0) is 6.92 Å². The molecule has 68 valence electrons. The van der Waals surface area contributed by atoms with Gasteiger partial charge in [0.05, 0.1) is 17.9 Å². The van der Waals surface area contributed by atoms with Crippen LogP contribution in [0.25, 0.3) is 0 Å². The number of anilines is 1. The molecule has 1 aromatic heterocycles. The molecule has 0 aromatic carbocycles. The number of rotatable bonds is 3. The molecule has 0 unspecified atom stereocenters. The molecule has 0 bridgehead atoms. The van der Waals surface area contributed by atoms with E-state index in [4.69, 9.17) is 0 Å². The molecule has 0 fully saturated rings. The van der Waals surface area contributed by atoms with Crippen molar-refractivity contribution < 1.29 is 4.79 Å². The van der Waals surface area contributed by atoms with Gasteiger partial charge in [-0.2, -0.15) is 8.75 Å². The summed E-state index contributed by atoms with van der Waals surface area (Å²) in [5.74, 6) is 0.283. The van der Waals surface area contributed by atoms with Crippen LogP contribution in [0.4, 0.5) is 5.82 Å². The van der Waals surface area contributed by atoms with Gasteiger partial charge in [0.25, 0.3) is 0 Å². The van der Waals surface area contributed by atoms with Gasteiger partial charge in [0.15, 0.2) is 5.82 Å². The normalized spacial score (nSPS) is 11.2. The lowest BCUT2D eigenvalue weighted by Gasteiger charge is -1.92. The van der Waals surface area contributed by atoms with Crippen molar-refractivity contribution in [2.75, 3.05) is 5.32 Å². The minimum absolute atomic E-state index is 0.203. The summed E-state index contributed by atoms with van der Waals surface area (Å²) in [4.78, 5) is 11.1. The summed E-state index contributed by atoms with van der Waals surface area (Å²) in [7, 11) is 0. The predicted octanol–water partition coefficient (Wildman–Crippen LogP) is 1.61. The standard InChI is InChI=1S/C8H9N3OS/c1-2-3-4-5-8(12)10-7-6-9-13-11-7/h2-6H,1H3,(H,10,11,12)/b3-2+,5-4+. The molecule has 0 atom stereocenters.